The molecule has 0 saturated heterocycles. The molecule has 0 aliphatic rings. The molecular formula is C13H11F2N3. The van der Waals surface area contributed by atoms with Crippen molar-refractivity contribution in [3.8, 4) is 17.3 Å². The first kappa shape index (κ1) is 12.2. The van der Waals surface area contributed by atoms with E-state index in [0.717, 1.165) is 12.1 Å². The average Bonchev–Trinajstić information content (AvgIpc) is 2.81. The van der Waals surface area contributed by atoms with E-state index in [0.29, 0.717) is 11.3 Å². The normalized spacial score (nSPS) is 10.7. The molecule has 0 N–H and O–H groups in total. The highest BCUT2D eigenvalue weighted by Gasteiger charge is 2.15. The van der Waals surface area contributed by atoms with Crippen molar-refractivity contribution in [2.45, 2.75) is 19.9 Å². The van der Waals surface area contributed by atoms with Crippen LogP contribution in [0.25, 0.3) is 11.3 Å². The van der Waals surface area contributed by atoms with E-state index in [9.17, 15) is 8.78 Å². The fraction of sp³-hybridized carbons (Fsp3) is 0.231. The summed E-state index contributed by atoms with van der Waals surface area (Å²) in [4.78, 5) is 0. The van der Waals surface area contributed by atoms with Crippen LogP contribution in [0.3, 0.4) is 0 Å². The molecule has 0 aliphatic heterocycles. The maximum Gasteiger partial charge on any atom is 0.160 e. The van der Waals surface area contributed by atoms with Crippen LogP contribution < -0.4 is 0 Å². The minimum atomic E-state index is -1.02. The minimum Gasteiger partial charge on any atom is -0.262 e. The van der Waals surface area contributed by atoms with Gasteiger partial charge in [0.2, 0.25) is 0 Å². The molecule has 0 bridgehead atoms. The van der Waals surface area contributed by atoms with Crippen molar-refractivity contribution in [3.05, 3.63) is 41.6 Å². The van der Waals surface area contributed by atoms with E-state index in [4.69, 9.17) is 5.26 Å². The van der Waals surface area contributed by atoms with E-state index in [1.54, 1.807) is 16.9 Å². The summed E-state index contributed by atoms with van der Waals surface area (Å²) >= 11 is 0. The predicted molar refractivity (Wildman–Crippen MR) is 62.7 cm³/mol. The Morgan fingerprint density at radius 1 is 1.28 bits per heavy atom. The number of nitriles is 1. The van der Waals surface area contributed by atoms with Gasteiger partial charge in [-0.25, -0.2) is 8.78 Å². The molecule has 0 aliphatic carbocycles. The van der Waals surface area contributed by atoms with Gasteiger partial charge in [-0.2, -0.15) is 10.4 Å². The molecule has 2 rings (SSSR count). The SMILES string of the molecule is CC(C)n1nccc1-c1cc(F)c(F)cc1C#N. The number of hydrogen-bond acceptors (Lipinski definition) is 2. The standard InChI is InChI=1S/C13H11F2N3/c1-8(2)18-13(3-4-17-18)10-6-12(15)11(14)5-9(10)7-16/h3-6,8H,1-2H3. The van der Waals surface area contributed by atoms with Crippen molar-refractivity contribution in [2.75, 3.05) is 0 Å². The summed E-state index contributed by atoms with van der Waals surface area (Å²) in [6.45, 7) is 3.84. The van der Waals surface area contributed by atoms with E-state index >= 15 is 0 Å². The zero-order chi connectivity index (χ0) is 13.3. The van der Waals surface area contributed by atoms with Crippen LogP contribution in [0.5, 0.6) is 0 Å². The zero-order valence-electron chi connectivity index (χ0n) is 9.98. The van der Waals surface area contributed by atoms with E-state index in [1.165, 1.54) is 0 Å². The van der Waals surface area contributed by atoms with Crippen molar-refractivity contribution in [3.63, 3.8) is 0 Å². The Morgan fingerprint density at radius 3 is 2.56 bits per heavy atom. The van der Waals surface area contributed by atoms with Gasteiger partial charge in [-0.15, -0.1) is 0 Å². The van der Waals surface area contributed by atoms with Crippen molar-refractivity contribution >= 4 is 0 Å². The summed E-state index contributed by atoms with van der Waals surface area (Å²) in [6.07, 6.45) is 1.57. The molecule has 92 valence electrons. The van der Waals surface area contributed by atoms with Gasteiger partial charge in [0, 0.05) is 17.8 Å². The second-order valence-corrected chi connectivity index (χ2v) is 4.18. The van der Waals surface area contributed by atoms with Crippen LogP contribution in [0.2, 0.25) is 0 Å². The van der Waals surface area contributed by atoms with Crippen LogP contribution in [0.15, 0.2) is 24.4 Å². The van der Waals surface area contributed by atoms with Crippen LogP contribution >= 0.6 is 0 Å². The van der Waals surface area contributed by atoms with Gasteiger partial charge in [0.25, 0.3) is 0 Å². The topological polar surface area (TPSA) is 41.6 Å². The summed E-state index contributed by atoms with van der Waals surface area (Å²) in [7, 11) is 0. The molecule has 0 amide bonds. The van der Waals surface area contributed by atoms with Gasteiger partial charge in [0.1, 0.15) is 0 Å². The number of halogens is 2. The summed E-state index contributed by atoms with van der Waals surface area (Å²) in [5.74, 6) is -1.99. The highest BCUT2D eigenvalue weighted by molar-refractivity contribution is 5.67. The highest BCUT2D eigenvalue weighted by Crippen LogP contribution is 2.27. The smallest absolute Gasteiger partial charge is 0.160 e. The number of rotatable bonds is 2. The zero-order valence-corrected chi connectivity index (χ0v) is 9.98. The molecule has 0 unspecified atom stereocenters. The third-order valence-electron chi connectivity index (χ3n) is 2.62. The second kappa shape index (κ2) is 4.57. The maximum absolute atomic E-state index is 13.3. The molecule has 0 atom stereocenters. The maximum atomic E-state index is 13.3. The largest absolute Gasteiger partial charge is 0.262 e. The van der Waals surface area contributed by atoms with Gasteiger partial charge in [0.05, 0.1) is 17.3 Å². The molecule has 0 spiro atoms. The summed E-state index contributed by atoms with van der Waals surface area (Å²) < 4.78 is 28.1. The minimum absolute atomic E-state index is 0.0645. The van der Waals surface area contributed by atoms with Gasteiger partial charge in [-0.3, -0.25) is 4.68 Å². The molecule has 1 aromatic carbocycles. The molecular weight excluding hydrogens is 236 g/mol. The lowest BCUT2D eigenvalue weighted by molar-refractivity contribution is 0.507. The van der Waals surface area contributed by atoms with Crippen LogP contribution in [0.4, 0.5) is 8.78 Å². The van der Waals surface area contributed by atoms with Crippen molar-refractivity contribution in [2.24, 2.45) is 0 Å². The third kappa shape index (κ3) is 1.97. The lowest BCUT2D eigenvalue weighted by atomic mass is 10.0. The van der Waals surface area contributed by atoms with Gasteiger partial charge < -0.3 is 0 Å². The summed E-state index contributed by atoms with van der Waals surface area (Å²) in [5, 5.41) is 13.1. The Balaban J connectivity index is 2.67. The van der Waals surface area contributed by atoms with E-state index < -0.39 is 11.6 Å². The molecule has 0 saturated carbocycles. The Morgan fingerprint density at radius 2 is 1.94 bits per heavy atom. The fourth-order valence-electron chi connectivity index (χ4n) is 1.79. The van der Waals surface area contributed by atoms with Crippen LogP contribution in [-0.2, 0) is 0 Å². The van der Waals surface area contributed by atoms with Gasteiger partial charge in [0.15, 0.2) is 11.6 Å². The van der Waals surface area contributed by atoms with E-state index in [-0.39, 0.29) is 11.6 Å². The molecule has 2 aromatic rings. The van der Waals surface area contributed by atoms with Crippen molar-refractivity contribution in [1.29, 1.82) is 5.26 Å². The monoisotopic (exact) mass is 247 g/mol. The Kier molecular flexibility index (Phi) is 3.11. The Hall–Kier alpha value is -2.22. The van der Waals surface area contributed by atoms with Crippen molar-refractivity contribution < 1.29 is 8.78 Å². The highest BCUT2D eigenvalue weighted by atomic mass is 19.2. The Bertz CT molecular complexity index is 624. The van der Waals surface area contributed by atoms with Crippen LogP contribution in [-0.4, -0.2) is 9.78 Å². The molecule has 0 radical (unpaired) electrons. The molecule has 5 heteroatoms. The fourth-order valence-corrected chi connectivity index (χ4v) is 1.79. The van der Waals surface area contributed by atoms with Gasteiger partial charge >= 0.3 is 0 Å². The quantitative estimate of drug-likeness (QED) is 0.817. The van der Waals surface area contributed by atoms with Gasteiger partial charge in [-0.05, 0) is 32.0 Å². The van der Waals surface area contributed by atoms with E-state index in [1.807, 2.05) is 19.9 Å². The summed E-state index contributed by atoms with van der Waals surface area (Å²) in [6, 6.07) is 5.55. The first-order valence-electron chi connectivity index (χ1n) is 5.47. The molecule has 18 heavy (non-hydrogen) atoms. The summed E-state index contributed by atoms with van der Waals surface area (Å²) in [5.41, 5.74) is 1.04. The molecule has 1 aromatic heterocycles. The molecule has 1 heterocycles. The lowest BCUT2D eigenvalue weighted by Crippen LogP contribution is -2.05. The predicted octanol–water partition coefficient (Wildman–Crippen LogP) is 3.28. The van der Waals surface area contributed by atoms with Crippen LogP contribution in [0, 0.1) is 23.0 Å². The van der Waals surface area contributed by atoms with Gasteiger partial charge in [-0.1, -0.05) is 0 Å². The van der Waals surface area contributed by atoms with Crippen LogP contribution in [0.1, 0.15) is 25.5 Å². The van der Waals surface area contributed by atoms with Crippen molar-refractivity contribution in [1.82, 2.24) is 9.78 Å². The average molecular weight is 247 g/mol. The number of nitrogens with zero attached hydrogens (tertiary/aromatic N) is 3. The first-order chi connectivity index (χ1) is 8.54. The first-order valence-corrected chi connectivity index (χ1v) is 5.47. The number of aromatic nitrogens is 2. The molecule has 3 nitrogen and oxygen atoms in total. The Labute approximate surface area is 103 Å². The molecule has 0 fully saturated rings. The van der Waals surface area contributed by atoms with E-state index in [2.05, 4.69) is 5.10 Å². The number of hydrogen-bond donors (Lipinski definition) is 0. The third-order valence-corrected chi connectivity index (χ3v) is 2.62. The second-order valence-electron chi connectivity index (χ2n) is 4.18. The lowest BCUT2D eigenvalue weighted by Gasteiger charge is -2.12. The number of benzene rings is 1.